The molecule has 3 N–H and O–H groups in total. The standard InChI is InChI=1S/C23H38O4/c1-6-19(2)9-7-15-14-11-22(5,26)23(27)13-18(25)17(24)12-21(23,4)16(14)8-10-20(15,19)3/h14-16,18,25-27H,6-13H2,1-5H3/t14-,15-,16-,18+,19-,20-,21+,22+,23+/m0/s1. The van der Waals surface area contributed by atoms with Crippen molar-refractivity contribution in [1.82, 2.24) is 0 Å². The number of Topliss-reactive ketones (excluding diaryl/α,β-unsaturated/α-hetero) is 1. The Balaban J connectivity index is 1.78. The zero-order valence-corrected chi connectivity index (χ0v) is 17.7. The van der Waals surface area contributed by atoms with Crippen LogP contribution in [0.5, 0.6) is 0 Å². The van der Waals surface area contributed by atoms with Crippen molar-refractivity contribution in [3.8, 4) is 0 Å². The van der Waals surface area contributed by atoms with Crippen LogP contribution in [-0.2, 0) is 4.79 Å². The van der Waals surface area contributed by atoms with Crippen LogP contribution in [0.2, 0.25) is 0 Å². The van der Waals surface area contributed by atoms with E-state index in [1.54, 1.807) is 6.92 Å². The molecular formula is C23H38O4. The first-order valence-electron chi connectivity index (χ1n) is 11.0. The summed E-state index contributed by atoms with van der Waals surface area (Å²) in [5, 5.41) is 33.3. The molecule has 9 atom stereocenters. The Morgan fingerprint density at radius 3 is 2.19 bits per heavy atom. The fourth-order valence-corrected chi connectivity index (χ4v) is 8.46. The van der Waals surface area contributed by atoms with Crippen LogP contribution >= 0.6 is 0 Å². The fraction of sp³-hybridized carbons (Fsp3) is 0.957. The Kier molecular flexibility index (Phi) is 4.10. The van der Waals surface area contributed by atoms with E-state index in [0.717, 1.165) is 12.8 Å². The number of hydrogen-bond donors (Lipinski definition) is 3. The number of fused-ring (bicyclic) bond motifs is 5. The molecule has 0 aromatic carbocycles. The van der Waals surface area contributed by atoms with Crippen molar-refractivity contribution < 1.29 is 20.1 Å². The van der Waals surface area contributed by atoms with Gasteiger partial charge in [-0.1, -0.05) is 34.1 Å². The molecule has 0 saturated heterocycles. The molecule has 0 heterocycles. The van der Waals surface area contributed by atoms with Gasteiger partial charge in [0.25, 0.3) is 0 Å². The number of hydrogen-bond acceptors (Lipinski definition) is 4. The molecular weight excluding hydrogens is 340 g/mol. The highest BCUT2D eigenvalue weighted by atomic mass is 16.4. The van der Waals surface area contributed by atoms with E-state index in [0.29, 0.717) is 23.7 Å². The Bertz CT molecular complexity index is 659. The topological polar surface area (TPSA) is 77.8 Å². The summed E-state index contributed by atoms with van der Waals surface area (Å²) < 4.78 is 0. The third-order valence-electron chi connectivity index (χ3n) is 10.7. The Morgan fingerprint density at radius 1 is 0.963 bits per heavy atom. The second kappa shape index (κ2) is 5.58. The van der Waals surface area contributed by atoms with Crippen LogP contribution in [0.1, 0.15) is 86.0 Å². The predicted octanol–water partition coefficient (Wildman–Crippen LogP) is 3.46. The molecule has 4 aliphatic carbocycles. The maximum absolute atomic E-state index is 12.5. The van der Waals surface area contributed by atoms with Gasteiger partial charge in [-0.15, -0.1) is 0 Å². The summed E-state index contributed by atoms with van der Waals surface area (Å²) in [5.41, 5.74) is -2.75. The minimum absolute atomic E-state index is 0.0346. The lowest BCUT2D eigenvalue weighted by Crippen LogP contribution is -2.74. The molecule has 0 radical (unpaired) electrons. The van der Waals surface area contributed by atoms with Crippen LogP contribution in [0.4, 0.5) is 0 Å². The molecule has 4 heteroatoms. The number of rotatable bonds is 1. The zero-order chi connectivity index (χ0) is 20.0. The minimum Gasteiger partial charge on any atom is -0.387 e. The summed E-state index contributed by atoms with van der Waals surface area (Å²) in [4.78, 5) is 12.5. The summed E-state index contributed by atoms with van der Waals surface area (Å²) in [6, 6.07) is 0. The Morgan fingerprint density at radius 2 is 1.56 bits per heavy atom. The fourth-order valence-electron chi connectivity index (χ4n) is 8.46. The number of aliphatic hydroxyl groups is 3. The van der Waals surface area contributed by atoms with Crippen molar-refractivity contribution in [2.45, 2.75) is 103 Å². The summed E-state index contributed by atoms with van der Waals surface area (Å²) in [5.74, 6) is 0.935. The number of ketones is 1. The van der Waals surface area contributed by atoms with Gasteiger partial charge < -0.3 is 15.3 Å². The van der Waals surface area contributed by atoms with Crippen molar-refractivity contribution >= 4 is 5.78 Å². The zero-order valence-electron chi connectivity index (χ0n) is 17.7. The second-order valence-corrected chi connectivity index (χ2v) is 11.4. The van der Waals surface area contributed by atoms with E-state index in [-0.39, 0.29) is 30.0 Å². The van der Waals surface area contributed by atoms with E-state index in [9.17, 15) is 20.1 Å². The molecule has 0 aromatic rings. The number of aliphatic hydroxyl groups excluding tert-OH is 1. The first kappa shape index (κ1) is 19.8. The van der Waals surface area contributed by atoms with Gasteiger partial charge in [-0.2, -0.15) is 0 Å². The van der Waals surface area contributed by atoms with Crippen molar-refractivity contribution in [2.75, 3.05) is 0 Å². The van der Waals surface area contributed by atoms with Gasteiger partial charge in [0.15, 0.2) is 5.78 Å². The lowest BCUT2D eigenvalue weighted by Gasteiger charge is -2.68. The van der Waals surface area contributed by atoms with Crippen molar-refractivity contribution in [2.24, 2.45) is 34.0 Å². The van der Waals surface area contributed by atoms with Crippen molar-refractivity contribution in [3.05, 3.63) is 0 Å². The van der Waals surface area contributed by atoms with E-state index in [1.807, 2.05) is 6.92 Å². The molecule has 4 saturated carbocycles. The normalized spacial score (nSPS) is 60.5. The van der Waals surface area contributed by atoms with E-state index in [4.69, 9.17) is 0 Å². The van der Waals surface area contributed by atoms with E-state index >= 15 is 0 Å². The molecule has 154 valence electrons. The van der Waals surface area contributed by atoms with Gasteiger partial charge in [0.1, 0.15) is 11.7 Å². The molecule has 4 rings (SSSR count). The quantitative estimate of drug-likeness (QED) is 0.653. The smallest absolute Gasteiger partial charge is 0.162 e. The van der Waals surface area contributed by atoms with Crippen LogP contribution in [0.25, 0.3) is 0 Å². The second-order valence-electron chi connectivity index (χ2n) is 11.4. The first-order valence-corrected chi connectivity index (χ1v) is 11.0. The van der Waals surface area contributed by atoms with Crippen LogP contribution < -0.4 is 0 Å². The third kappa shape index (κ3) is 2.18. The molecule has 0 bridgehead atoms. The molecule has 0 aromatic heterocycles. The van der Waals surface area contributed by atoms with Crippen molar-refractivity contribution in [1.29, 1.82) is 0 Å². The molecule has 0 amide bonds. The monoisotopic (exact) mass is 378 g/mol. The van der Waals surface area contributed by atoms with Crippen LogP contribution in [0, 0.1) is 34.0 Å². The summed E-state index contributed by atoms with van der Waals surface area (Å²) in [6.07, 6.45) is 5.29. The van der Waals surface area contributed by atoms with Gasteiger partial charge in [0.05, 0.1) is 5.60 Å². The van der Waals surface area contributed by atoms with Gasteiger partial charge >= 0.3 is 0 Å². The average molecular weight is 379 g/mol. The third-order valence-corrected chi connectivity index (χ3v) is 10.7. The SMILES string of the molecule is CC[C@@]1(C)CC[C@H]2[C@@H]3C[C@@](C)(O)[C@@]4(O)C[C@@H](O)C(=O)C[C@]4(C)[C@H]3CC[C@@]21C. The molecule has 27 heavy (non-hydrogen) atoms. The largest absolute Gasteiger partial charge is 0.387 e. The number of carbonyl (C=O) groups is 1. The highest BCUT2D eigenvalue weighted by Crippen LogP contribution is 2.72. The highest BCUT2D eigenvalue weighted by Gasteiger charge is 2.72. The molecule has 0 aliphatic heterocycles. The van der Waals surface area contributed by atoms with Gasteiger partial charge in [-0.05, 0) is 67.6 Å². The minimum atomic E-state index is -1.41. The van der Waals surface area contributed by atoms with E-state index in [1.165, 1.54) is 19.3 Å². The lowest BCUT2D eigenvalue weighted by atomic mass is 9.39. The van der Waals surface area contributed by atoms with Gasteiger partial charge in [-0.3, -0.25) is 4.79 Å². The van der Waals surface area contributed by atoms with Crippen LogP contribution in [0.15, 0.2) is 0 Å². The summed E-state index contributed by atoms with van der Waals surface area (Å²) in [6.45, 7) is 10.9. The van der Waals surface area contributed by atoms with Crippen molar-refractivity contribution in [3.63, 3.8) is 0 Å². The van der Waals surface area contributed by atoms with Crippen LogP contribution in [0.3, 0.4) is 0 Å². The summed E-state index contributed by atoms with van der Waals surface area (Å²) >= 11 is 0. The summed E-state index contributed by atoms with van der Waals surface area (Å²) in [7, 11) is 0. The van der Waals surface area contributed by atoms with Gasteiger partial charge in [0.2, 0.25) is 0 Å². The first-order chi connectivity index (χ1) is 12.4. The Labute approximate surface area is 163 Å². The molecule has 4 nitrogen and oxygen atoms in total. The Hall–Kier alpha value is -0.450. The van der Waals surface area contributed by atoms with Gasteiger partial charge in [0, 0.05) is 18.3 Å². The highest BCUT2D eigenvalue weighted by molar-refractivity contribution is 5.85. The molecule has 0 unspecified atom stereocenters. The molecule has 4 aliphatic rings. The predicted molar refractivity (Wildman–Crippen MR) is 104 cm³/mol. The number of carbonyl (C=O) groups excluding carboxylic acids is 1. The van der Waals surface area contributed by atoms with E-state index in [2.05, 4.69) is 20.8 Å². The van der Waals surface area contributed by atoms with E-state index < -0.39 is 22.7 Å². The maximum Gasteiger partial charge on any atom is 0.162 e. The molecule has 4 fully saturated rings. The maximum atomic E-state index is 12.5. The molecule has 0 spiro atoms. The van der Waals surface area contributed by atoms with Crippen LogP contribution in [-0.4, -0.2) is 38.4 Å². The lowest BCUT2D eigenvalue weighted by molar-refractivity contribution is -0.294. The average Bonchev–Trinajstić information content (AvgIpc) is 2.84. The van der Waals surface area contributed by atoms with Gasteiger partial charge in [-0.25, -0.2) is 0 Å².